The van der Waals surface area contributed by atoms with Gasteiger partial charge in [-0.05, 0) is 43.2 Å². The van der Waals surface area contributed by atoms with Gasteiger partial charge in [-0.3, -0.25) is 0 Å². The number of nitrogens with two attached hydrogens (primary N) is 1. The van der Waals surface area contributed by atoms with E-state index in [1.807, 2.05) is 12.1 Å². The van der Waals surface area contributed by atoms with Gasteiger partial charge in [0.25, 0.3) is 0 Å². The fraction of sp³-hybridized carbons (Fsp3) is 0.706. The fourth-order valence-electron chi connectivity index (χ4n) is 3.17. The maximum Gasteiger partial charge on any atom is 0.239 e. The van der Waals surface area contributed by atoms with Crippen LogP contribution >= 0.6 is 0 Å². The Morgan fingerprint density at radius 1 is 1.33 bits per heavy atom. The maximum atomic E-state index is 5.92. The first kappa shape index (κ1) is 15.9. The monoisotopic (exact) mass is 291 g/mol. The molecule has 1 saturated carbocycles. The van der Waals surface area contributed by atoms with Crippen molar-refractivity contribution in [3.8, 4) is 5.88 Å². The molecule has 0 aliphatic heterocycles. The predicted molar refractivity (Wildman–Crippen MR) is 88.6 cm³/mol. The van der Waals surface area contributed by atoms with E-state index in [4.69, 9.17) is 10.5 Å². The van der Waals surface area contributed by atoms with Gasteiger partial charge < -0.3 is 15.8 Å². The van der Waals surface area contributed by atoms with E-state index < -0.39 is 0 Å². The van der Waals surface area contributed by atoms with Crippen LogP contribution in [0.5, 0.6) is 5.88 Å². The third-order valence-electron chi connectivity index (χ3n) is 4.34. The zero-order valence-corrected chi connectivity index (χ0v) is 13.6. The average Bonchev–Trinajstić information content (AvgIpc) is 2.48. The number of nitrogens with zero attached hydrogens (tertiary/aromatic N) is 1. The van der Waals surface area contributed by atoms with Gasteiger partial charge in [-0.15, -0.1) is 0 Å². The van der Waals surface area contributed by atoms with Gasteiger partial charge in [0.2, 0.25) is 5.88 Å². The van der Waals surface area contributed by atoms with Crippen molar-refractivity contribution in [3.63, 3.8) is 0 Å². The van der Waals surface area contributed by atoms with Crippen LogP contribution in [0.3, 0.4) is 0 Å². The van der Waals surface area contributed by atoms with Gasteiger partial charge >= 0.3 is 0 Å². The second-order valence-corrected chi connectivity index (χ2v) is 6.38. The first-order chi connectivity index (χ1) is 10.1. The van der Waals surface area contributed by atoms with E-state index in [1.165, 1.54) is 25.7 Å². The van der Waals surface area contributed by atoms with Crippen molar-refractivity contribution in [2.75, 3.05) is 17.7 Å². The summed E-state index contributed by atoms with van der Waals surface area (Å²) >= 11 is 0. The number of anilines is 2. The van der Waals surface area contributed by atoms with Crippen LogP contribution in [0.1, 0.15) is 52.9 Å². The number of nitrogen functional groups attached to an aromatic ring is 1. The zero-order valence-electron chi connectivity index (χ0n) is 13.6. The van der Waals surface area contributed by atoms with E-state index in [0.717, 1.165) is 18.2 Å². The molecule has 4 nitrogen and oxygen atoms in total. The van der Waals surface area contributed by atoms with E-state index >= 15 is 0 Å². The lowest BCUT2D eigenvalue weighted by atomic mass is 9.78. The Labute approximate surface area is 128 Å². The second kappa shape index (κ2) is 7.53. The summed E-state index contributed by atoms with van der Waals surface area (Å²) in [6.45, 7) is 7.36. The molecule has 2 rings (SSSR count). The fourth-order valence-corrected chi connectivity index (χ4v) is 3.17. The highest BCUT2D eigenvalue weighted by Crippen LogP contribution is 2.32. The number of pyridine rings is 1. The van der Waals surface area contributed by atoms with Crippen molar-refractivity contribution < 1.29 is 4.74 Å². The summed E-state index contributed by atoms with van der Waals surface area (Å²) in [7, 11) is 0. The maximum absolute atomic E-state index is 5.92. The van der Waals surface area contributed by atoms with Crippen LogP contribution in [0, 0.1) is 11.8 Å². The van der Waals surface area contributed by atoms with Crippen LogP contribution in [0.15, 0.2) is 12.1 Å². The molecule has 118 valence electrons. The van der Waals surface area contributed by atoms with Gasteiger partial charge in [0.05, 0.1) is 12.3 Å². The molecule has 4 heteroatoms. The molecule has 0 radical (unpaired) electrons. The summed E-state index contributed by atoms with van der Waals surface area (Å²) < 4.78 is 5.61. The van der Waals surface area contributed by atoms with Crippen LogP contribution in [0.25, 0.3) is 0 Å². The summed E-state index contributed by atoms with van der Waals surface area (Å²) in [4.78, 5) is 4.54. The standard InChI is InChI=1S/C17H29N3O/c1-4-11-21-17-14(18)9-10-16(20-17)19-15-8-6-5-7-13(15)12(2)3/h9-10,12-13,15H,4-8,11,18H2,1-3H3,(H,19,20). The van der Waals surface area contributed by atoms with E-state index in [9.17, 15) is 0 Å². The Morgan fingerprint density at radius 3 is 2.81 bits per heavy atom. The first-order valence-corrected chi connectivity index (χ1v) is 8.27. The van der Waals surface area contributed by atoms with E-state index in [0.29, 0.717) is 30.1 Å². The molecule has 21 heavy (non-hydrogen) atoms. The Bertz CT molecular complexity index is 448. The lowest BCUT2D eigenvalue weighted by Crippen LogP contribution is -2.35. The minimum Gasteiger partial charge on any atom is -0.476 e. The smallest absolute Gasteiger partial charge is 0.239 e. The molecule has 2 atom stereocenters. The summed E-state index contributed by atoms with van der Waals surface area (Å²) in [5.74, 6) is 2.86. The summed E-state index contributed by atoms with van der Waals surface area (Å²) in [5.41, 5.74) is 6.53. The molecule has 1 aliphatic rings. The second-order valence-electron chi connectivity index (χ2n) is 6.38. The van der Waals surface area contributed by atoms with Crippen LogP contribution in [0.2, 0.25) is 0 Å². The zero-order chi connectivity index (χ0) is 15.2. The summed E-state index contributed by atoms with van der Waals surface area (Å²) in [6, 6.07) is 4.35. The van der Waals surface area contributed by atoms with Crippen molar-refractivity contribution in [2.24, 2.45) is 11.8 Å². The lowest BCUT2D eigenvalue weighted by Gasteiger charge is -2.35. The number of nitrogens with one attached hydrogen (secondary N) is 1. The molecule has 1 aromatic rings. The largest absolute Gasteiger partial charge is 0.476 e. The topological polar surface area (TPSA) is 60.2 Å². The van der Waals surface area contributed by atoms with Crippen LogP contribution in [0.4, 0.5) is 11.5 Å². The lowest BCUT2D eigenvalue weighted by molar-refractivity contribution is 0.253. The van der Waals surface area contributed by atoms with E-state index in [1.54, 1.807) is 0 Å². The van der Waals surface area contributed by atoms with Gasteiger partial charge in [0.1, 0.15) is 5.82 Å². The minimum absolute atomic E-state index is 0.508. The molecule has 0 saturated heterocycles. The van der Waals surface area contributed by atoms with Crippen LogP contribution < -0.4 is 15.8 Å². The number of hydrogen-bond donors (Lipinski definition) is 2. The molecule has 0 aromatic carbocycles. The highest BCUT2D eigenvalue weighted by atomic mass is 16.5. The first-order valence-electron chi connectivity index (χ1n) is 8.27. The molecule has 1 fully saturated rings. The average molecular weight is 291 g/mol. The summed E-state index contributed by atoms with van der Waals surface area (Å²) in [5, 5.41) is 3.61. The Morgan fingerprint density at radius 2 is 2.10 bits per heavy atom. The number of ether oxygens (including phenoxy) is 1. The van der Waals surface area contributed by atoms with E-state index in [2.05, 4.69) is 31.1 Å². The number of aromatic nitrogens is 1. The van der Waals surface area contributed by atoms with Gasteiger partial charge in [0, 0.05) is 6.04 Å². The molecule has 0 amide bonds. The van der Waals surface area contributed by atoms with Crippen molar-refractivity contribution >= 4 is 11.5 Å². The van der Waals surface area contributed by atoms with Gasteiger partial charge in [-0.2, -0.15) is 4.98 Å². The Balaban J connectivity index is 2.07. The van der Waals surface area contributed by atoms with Gasteiger partial charge in [0.15, 0.2) is 0 Å². The number of rotatable bonds is 6. The molecule has 0 spiro atoms. The van der Waals surface area contributed by atoms with E-state index in [-0.39, 0.29) is 0 Å². The molecule has 2 unspecified atom stereocenters. The van der Waals surface area contributed by atoms with Gasteiger partial charge in [-0.1, -0.05) is 33.6 Å². The molecule has 1 aliphatic carbocycles. The third kappa shape index (κ3) is 4.26. The van der Waals surface area contributed by atoms with Crippen molar-refractivity contribution in [3.05, 3.63) is 12.1 Å². The Hall–Kier alpha value is -1.45. The molecular formula is C17H29N3O. The van der Waals surface area contributed by atoms with Crippen molar-refractivity contribution in [1.82, 2.24) is 4.98 Å². The molecule has 3 N–H and O–H groups in total. The normalized spacial score (nSPS) is 22.3. The summed E-state index contributed by atoms with van der Waals surface area (Å²) in [6.07, 6.45) is 6.14. The number of hydrogen-bond acceptors (Lipinski definition) is 4. The minimum atomic E-state index is 0.508. The third-order valence-corrected chi connectivity index (χ3v) is 4.34. The highest BCUT2D eigenvalue weighted by Gasteiger charge is 2.27. The van der Waals surface area contributed by atoms with Crippen LogP contribution in [-0.4, -0.2) is 17.6 Å². The quantitative estimate of drug-likeness (QED) is 0.829. The van der Waals surface area contributed by atoms with Gasteiger partial charge in [-0.25, -0.2) is 0 Å². The van der Waals surface area contributed by atoms with Crippen molar-refractivity contribution in [2.45, 2.75) is 58.9 Å². The van der Waals surface area contributed by atoms with Crippen LogP contribution in [-0.2, 0) is 0 Å². The molecule has 1 heterocycles. The van der Waals surface area contributed by atoms with Crippen molar-refractivity contribution in [1.29, 1.82) is 0 Å². The predicted octanol–water partition coefficient (Wildman–Crippen LogP) is 4.08. The highest BCUT2D eigenvalue weighted by molar-refractivity contribution is 5.53. The molecular weight excluding hydrogens is 262 g/mol. The Kier molecular flexibility index (Phi) is 5.71. The molecule has 0 bridgehead atoms. The molecule has 1 aromatic heterocycles. The SMILES string of the molecule is CCCOc1nc(NC2CCCCC2C(C)C)ccc1N.